The monoisotopic (exact) mass is 374 g/mol. The molecule has 0 saturated carbocycles. The Kier molecular flexibility index (Phi) is 5.59. The van der Waals surface area contributed by atoms with Crippen molar-refractivity contribution < 1.29 is 4.74 Å². The van der Waals surface area contributed by atoms with Crippen molar-refractivity contribution in [3.63, 3.8) is 0 Å². The molecule has 5 nitrogen and oxygen atoms in total. The second kappa shape index (κ2) is 8.45. The molecule has 1 N–H and O–H groups in total. The summed E-state index contributed by atoms with van der Waals surface area (Å²) in [4.78, 5) is 10.6. The minimum absolute atomic E-state index is 0.684. The predicted molar refractivity (Wildman–Crippen MR) is 112 cm³/mol. The Hall–Kier alpha value is -2.84. The second-order valence-corrected chi connectivity index (χ2v) is 7.53. The van der Waals surface area contributed by atoms with Gasteiger partial charge in [0, 0.05) is 24.9 Å². The lowest BCUT2D eigenvalue weighted by molar-refractivity contribution is 0.233. The lowest BCUT2D eigenvalue weighted by Gasteiger charge is -2.29. The van der Waals surface area contributed by atoms with Crippen LogP contribution >= 0.6 is 0 Å². The Balaban J connectivity index is 1.20. The largest absolute Gasteiger partial charge is 0.478 e. The lowest BCUT2D eigenvalue weighted by Crippen LogP contribution is -2.31. The number of aromatic nitrogens is 1. The van der Waals surface area contributed by atoms with Crippen LogP contribution in [0.1, 0.15) is 36.0 Å². The van der Waals surface area contributed by atoms with E-state index in [0.717, 1.165) is 68.9 Å². The van der Waals surface area contributed by atoms with Crippen molar-refractivity contribution in [1.29, 1.82) is 0 Å². The van der Waals surface area contributed by atoms with Crippen molar-refractivity contribution >= 4 is 11.5 Å². The molecular weight excluding hydrogens is 348 g/mol. The smallest absolute Gasteiger partial charge is 0.215 e. The Morgan fingerprint density at radius 3 is 2.89 bits per heavy atom. The molecule has 0 amide bonds. The summed E-state index contributed by atoms with van der Waals surface area (Å²) in [5, 5.41) is 3.25. The normalized spacial score (nSPS) is 15.9. The number of fused-ring (bicyclic) bond motifs is 2. The highest BCUT2D eigenvalue weighted by Crippen LogP contribution is 2.26. The van der Waals surface area contributed by atoms with Crippen LogP contribution in [0.3, 0.4) is 0 Å². The second-order valence-electron chi connectivity index (χ2n) is 7.53. The maximum absolute atomic E-state index is 7.14. The standard InChI is InChI=1S/C23H26N4O/c1-17-5-6-18-8-10-22(26-23(18)25-17)28-14-4-3-12-27-13-11-19-15-21(24-2)9-7-20(19)16-27/h7-10,15H,1,3-6,11-14,16H2,(H,25,26). The number of hydrogen-bond donors (Lipinski definition) is 1. The van der Waals surface area contributed by atoms with Crippen molar-refractivity contribution in [3.8, 4) is 5.88 Å². The topological polar surface area (TPSA) is 41.8 Å². The number of nitrogens with zero attached hydrogens (tertiary/aromatic N) is 3. The minimum atomic E-state index is 0.684. The number of benzene rings is 1. The van der Waals surface area contributed by atoms with Crippen LogP contribution in [0.15, 0.2) is 42.6 Å². The molecule has 0 fully saturated rings. The first kappa shape index (κ1) is 18.5. The van der Waals surface area contributed by atoms with Crippen molar-refractivity contribution in [1.82, 2.24) is 9.88 Å². The first-order valence-corrected chi connectivity index (χ1v) is 10.0. The number of ether oxygens (including phenoxy) is 1. The summed E-state index contributed by atoms with van der Waals surface area (Å²) < 4.78 is 5.85. The number of unbranched alkanes of at least 4 members (excludes halogenated alkanes) is 1. The lowest BCUT2D eigenvalue weighted by atomic mass is 9.99. The quantitative estimate of drug-likeness (QED) is 0.587. The highest BCUT2D eigenvalue weighted by atomic mass is 16.5. The van der Waals surface area contributed by atoms with Crippen LogP contribution in [0.5, 0.6) is 5.88 Å². The Bertz CT molecular complexity index is 915. The molecule has 5 heteroatoms. The Labute approximate surface area is 166 Å². The van der Waals surface area contributed by atoms with E-state index in [1.165, 1.54) is 16.7 Å². The predicted octanol–water partition coefficient (Wildman–Crippen LogP) is 4.72. The highest BCUT2D eigenvalue weighted by molar-refractivity contribution is 5.53. The Morgan fingerprint density at radius 1 is 1.11 bits per heavy atom. The average molecular weight is 374 g/mol. The minimum Gasteiger partial charge on any atom is -0.478 e. The van der Waals surface area contributed by atoms with Gasteiger partial charge in [0.15, 0.2) is 5.69 Å². The molecule has 3 heterocycles. The van der Waals surface area contributed by atoms with E-state index in [9.17, 15) is 0 Å². The summed E-state index contributed by atoms with van der Waals surface area (Å²) in [7, 11) is 0. The van der Waals surface area contributed by atoms with Gasteiger partial charge < -0.3 is 10.1 Å². The number of anilines is 1. The molecular formula is C23H26N4O. The first-order chi connectivity index (χ1) is 13.7. The molecule has 0 unspecified atom stereocenters. The first-order valence-electron chi connectivity index (χ1n) is 10.0. The van der Waals surface area contributed by atoms with Gasteiger partial charge in [0.1, 0.15) is 5.82 Å². The summed E-state index contributed by atoms with van der Waals surface area (Å²) in [5.74, 6) is 1.57. The third-order valence-corrected chi connectivity index (χ3v) is 5.47. The van der Waals surface area contributed by atoms with Gasteiger partial charge in [0.25, 0.3) is 0 Å². The fourth-order valence-electron chi connectivity index (χ4n) is 3.85. The van der Waals surface area contributed by atoms with E-state index >= 15 is 0 Å². The van der Waals surface area contributed by atoms with Crippen LogP contribution < -0.4 is 10.1 Å². The summed E-state index contributed by atoms with van der Waals surface area (Å²) in [6, 6.07) is 10.2. The van der Waals surface area contributed by atoms with Crippen LogP contribution in [0, 0.1) is 6.57 Å². The molecule has 0 aliphatic carbocycles. The molecule has 2 aliphatic rings. The van der Waals surface area contributed by atoms with Gasteiger partial charge in [-0.2, -0.15) is 4.98 Å². The molecule has 2 aliphatic heterocycles. The molecule has 4 rings (SSSR count). The summed E-state index contributed by atoms with van der Waals surface area (Å²) >= 11 is 0. The molecule has 0 saturated heterocycles. The SMILES string of the molecule is [C-]#[N+]c1ccc2c(c1)CCN(CCCCOc1ccc3c(n1)NC(=C)CC3)C2. The molecule has 0 atom stereocenters. The maximum atomic E-state index is 7.14. The summed E-state index contributed by atoms with van der Waals surface area (Å²) in [6.45, 7) is 14.9. The molecule has 0 radical (unpaired) electrons. The number of nitrogens with one attached hydrogen (secondary N) is 1. The average Bonchev–Trinajstić information content (AvgIpc) is 2.72. The van der Waals surface area contributed by atoms with Crippen LogP contribution in [0.4, 0.5) is 11.5 Å². The molecule has 1 aromatic carbocycles. The third kappa shape index (κ3) is 4.35. The fraction of sp³-hybridized carbons (Fsp3) is 0.391. The van der Waals surface area contributed by atoms with Gasteiger partial charge in [-0.3, -0.25) is 4.90 Å². The van der Waals surface area contributed by atoms with Crippen LogP contribution in [0.25, 0.3) is 4.85 Å². The summed E-state index contributed by atoms with van der Waals surface area (Å²) in [5.41, 5.74) is 5.70. The van der Waals surface area contributed by atoms with E-state index in [4.69, 9.17) is 11.3 Å². The zero-order valence-corrected chi connectivity index (χ0v) is 16.2. The number of hydrogen-bond acceptors (Lipinski definition) is 4. The highest BCUT2D eigenvalue weighted by Gasteiger charge is 2.16. The number of allylic oxidation sites excluding steroid dienone is 1. The maximum Gasteiger partial charge on any atom is 0.215 e. The van der Waals surface area contributed by atoms with E-state index in [2.05, 4.69) is 38.8 Å². The Morgan fingerprint density at radius 2 is 2.00 bits per heavy atom. The molecule has 0 bridgehead atoms. The van der Waals surface area contributed by atoms with E-state index in [1.54, 1.807) is 0 Å². The van der Waals surface area contributed by atoms with Crippen LogP contribution in [-0.2, 0) is 19.4 Å². The zero-order chi connectivity index (χ0) is 19.3. The van der Waals surface area contributed by atoms with Crippen molar-refractivity contribution in [3.05, 3.63) is 70.7 Å². The van der Waals surface area contributed by atoms with Crippen molar-refractivity contribution in [2.45, 2.75) is 38.6 Å². The van der Waals surface area contributed by atoms with Crippen LogP contribution in [0.2, 0.25) is 0 Å². The van der Waals surface area contributed by atoms with Crippen molar-refractivity contribution in [2.24, 2.45) is 0 Å². The van der Waals surface area contributed by atoms with Gasteiger partial charge in [0.05, 0.1) is 13.2 Å². The summed E-state index contributed by atoms with van der Waals surface area (Å²) in [6.07, 6.45) is 5.12. The van der Waals surface area contributed by atoms with Gasteiger partial charge in [-0.1, -0.05) is 30.3 Å². The molecule has 144 valence electrons. The van der Waals surface area contributed by atoms with Gasteiger partial charge in [0.2, 0.25) is 5.88 Å². The van der Waals surface area contributed by atoms with Gasteiger partial charge in [-0.15, -0.1) is 0 Å². The number of rotatable bonds is 6. The van der Waals surface area contributed by atoms with Gasteiger partial charge in [-0.05, 0) is 55.8 Å². The molecule has 0 spiro atoms. The molecule has 1 aromatic heterocycles. The third-order valence-electron chi connectivity index (χ3n) is 5.47. The molecule has 2 aromatic rings. The van der Waals surface area contributed by atoms with E-state index in [0.29, 0.717) is 12.5 Å². The van der Waals surface area contributed by atoms with E-state index in [-0.39, 0.29) is 0 Å². The van der Waals surface area contributed by atoms with Crippen molar-refractivity contribution in [2.75, 3.05) is 25.0 Å². The fourth-order valence-corrected chi connectivity index (χ4v) is 3.85. The number of pyridine rings is 1. The molecule has 28 heavy (non-hydrogen) atoms. The number of aryl methyl sites for hydroxylation is 1. The zero-order valence-electron chi connectivity index (χ0n) is 16.2. The van der Waals surface area contributed by atoms with Gasteiger partial charge in [-0.25, -0.2) is 4.85 Å². The van der Waals surface area contributed by atoms with Gasteiger partial charge >= 0.3 is 0 Å². The van der Waals surface area contributed by atoms with E-state index < -0.39 is 0 Å². The van der Waals surface area contributed by atoms with E-state index in [1.807, 2.05) is 18.2 Å². The van der Waals surface area contributed by atoms with Crippen LogP contribution in [-0.4, -0.2) is 29.6 Å².